The number of benzene rings is 1. The van der Waals surface area contributed by atoms with Gasteiger partial charge in [0.25, 0.3) is 5.91 Å². The number of carbonyl (C=O) groups excluding carboxylic acids is 2. The quantitative estimate of drug-likeness (QED) is 0.338. The van der Waals surface area contributed by atoms with Crippen LogP contribution in [0.15, 0.2) is 34.7 Å². The highest BCUT2D eigenvalue weighted by molar-refractivity contribution is 5.92. The predicted molar refractivity (Wildman–Crippen MR) is 138 cm³/mol. The van der Waals surface area contributed by atoms with Crippen molar-refractivity contribution in [1.29, 1.82) is 0 Å². The Morgan fingerprint density at radius 3 is 2.21 bits per heavy atom. The van der Waals surface area contributed by atoms with Crippen LogP contribution in [0.4, 0.5) is 36.8 Å². The number of nitrogens with two attached hydrogens (primary N) is 2. The SMILES string of the molecule is CCOC(=O)N1c2ccc(OC)nc2[C@@H](c2nc(C(N)=O)c(Cc3cc(C(F)(F)F)cc(C(F)(F)F)c3)o2)C[C@@]1(N)CC. The molecule has 0 aliphatic carbocycles. The normalized spacial score (nSPS) is 18.7. The molecular formula is C27H27F6N5O5. The number of ether oxygens (including phenoxy) is 2. The maximum atomic E-state index is 13.4. The third-order valence-electron chi connectivity index (χ3n) is 6.98. The van der Waals surface area contributed by atoms with E-state index in [1.807, 2.05) is 0 Å². The lowest BCUT2D eigenvalue weighted by Crippen LogP contribution is -2.61. The number of hydrogen-bond donors (Lipinski definition) is 2. The summed E-state index contributed by atoms with van der Waals surface area (Å²) in [6.07, 6.45) is -11.5. The third kappa shape index (κ3) is 6.23. The van der Waals surface area contributed by atoms with E-state index in [-0.39, 0.29) is 54.4 Å². The number of nitrogens with zero attached hydrogens (tertiary/aromatic N) is 3. The first-order valence-corrected chi connectivity index (χ1v) is 12.9. The minimum absolute atomic E-state index is 0.0107. The molecule has 0 radical (unpaired) electrons. The van der Waals surface area contributed by atoms with E-state index in [4.69, 9.17) is 25.4 Å². The van der Waals surface area contributed by atoms with E-state index < -0.39 is 64.7 Å². The Kier molecular flexibility index (Phi) is 8.37. The number of fused-ring (bicyclic) bond motifs is 1. The Labute approximate surface area is 241 Å². The molecule has 1 aliphatic heterocycles. The van der Waals surface area contributed by atoms with Crippen molar-refractivity contribution < 1.29 is 49.8 Å². The highest BCUT2D eigenvalue weighted by atomic mass is 19.4. The van der Waals surface area contributed by atoms with Crippen LogP contribution in [-0.4, -0.2) is 41.3 Å². The van der Waals surface area contributed by atoms with Crippen LogP contribution in [0.2, 0.25) is 0 Å². The van der Waals surface area contributed by atoms with Gasteiger partial charge in [-0.25, -0.2) is 14.8 Å². The average Bonchev–Trinajstić information content (AvgIpc) is 3.35. The van der Waals surface area contributed by atoms with Crippen molar-refractivity contribution in [3.05, 3.63) is 70.1 Å². The third-order valence-corrected chi connectivity index (χ3v) is 6.98. The molecule has 2 atom stereocenters. The van der Waals surface area contributed by atoms with Crippen molar-refractivity contribution in [2.45, 2.75) is 57.0 Å². The zero-order valence-electron chi connectivity index (χ0n) is 23.1. The first-order valence-electron chi connectivity index (χ1n) is 12.9. The monoisotopic (exact) mass is 615 g/mol. The highest BCUT2D eigenvalue weighted by Gasteiger charge is 2.48. The molecule has 0 saturated heterocycles. The zero-order valence-corrected chi connectivity index (χ0v) is 23.1. The van der Waals surface area contributed by atoms with Gasteiger partial charge in [0.05, 0.1) is 42.1 Å². The molecule has 4 rings (SSSR count). The minimum atomic E-state index is -5.08. The molecule has 43 heavy (non-hydrogen) atoms. The van der Waals surface area contributed by atoms with Crippen molar-refractivity contribution in [2.75, 3.05) is 18.6 Å². The van der Waals surface area contributed by atoms with Gasteiger partial charge < -0.3 is 25.4 Å². The first kappa shape index (κ1) is 31.6. The van der Waals surface area contributed by atoms with Crippen molar-refractivity contribution in [1.82, 2.24) is 9.97 Å². The van der Waals surface area contributed by atoms with E-state index in [0.29, 0.717) is 12.1 Å². The van der Waals surface area contributed by atoms with Crippen molar-refractivity contribution >= 4 is 17.7 Å². The van der Waals surface area contributed by atoms with Gasteiger partial charge in [0.2, 0.25) is 11.8 Å². The zero-order chi connectivity index (χ0) is 31.9. The fourth-order valence-corrected chi connectivity index (χ4v) is 4.90. The molecule has 3 heterocycles. The van der Waals surface area contributed by atoms with Crippen LogP contribution < -0.4 is 21.1 Å². The summed E-state index contributed by atoms with van der Waals surface area (Å²) < 4.78 is 96.9. The number of anilines is 1. The Morgan fingerprint density at radius 1 is 1.07 bits per heavy atom. The Morgan fingerprint density at radius 2 is 1.70 bits per heavy atom. The molecule has 0 bridgehead atoms. The molecule has 1 aromatic carbocycles. The van der Waals surface area contributed by atoms with E-state index in [1.165, 1.54) is 24.1 Å². The van der Waals surface area contributed by atoms with Crippen LogP contribution >= 0.6 is 0 Å². The summed E-state index contributed by atoms with van der Waals surface area (Å²) in [6, 6.07) is 4.02. The fourth-order valence-electron chi connectivity index (χ4n) is 4.90. The average molecular weight is 616 g/mol. The summed E-state index contributed by atoms with van der Waals surface area (Å²) in [4.78, 5) is 35.1. The number of halogens is 6. The van der Waals surface area contributed by atoms with Gasteiger partial charge in [0, 0.05) is 18.9 Å². The molecule has 1 aliphatic rings. The van der Waals surface area contributed by atoms with E-state index in [0.717, 1.165) is 0 Å². The highest BCUT2D eigenvalue weighted by Crippen LogP contribution is 2.46. The molecule has 3 aromatic rings. The second-order valence-corrected chi connectivity index (χ2v) is 9.79. The maximum Gasteiger partial charge on any atom is 0.416 e. The number of carbonyl (C=O) groups is 2. The second-order valence-electron chi connectivity index (χ2n) is 9.79. The first-order chi connectivity index (χ1) is 20.0. The Balaban J connectivity index is 1.86. The van der Waals surface area contributed by atoms with Crippen LogP contribution in [0.1, 0.15) is 77.1 Å². The van der Waals surface area contributed by atoms with Crippen molar-refractivity contribution in [2.24, 2.45) is 11.5 Å². The summed E-state index contributed by atoms with van der Waals surface area (Å²) in [5.74, 6) is -2.50. The van der Waals surface area contributed by atoms with Gasteiger partial charge in [-0.05, 0) is 43.2 Å². The summed E-state index contributed by atoms with van der Waals surface area (Å²) in [5.41, 5.74) is 7.14. The lowest BCUT2D eigenvalue weighted by Gasteiger charge is -2.45. The smallest absolute Gasteiger partial charge is 0.416 e. The molecule has 232 valence electrons. The second kappa shape index (κ2) is 11.4. The van der Waals surface area contributed by atoms with Gasteiger partial charge in [0.1, 0.15) is 11.4 Å². The summed E-state index contributed by atoms with van der Waals surface area (Å²) in [6.45, 7) is 3.38. The molecule has 2 aromatic heterocycles. The van der Waals surface area contributed by atoms with E-state index in [9.17, 15) is 35.9 Å². The minimum Gasteiger partial charge on any atom is -0.481 e. The number of amides is 2. The molecule has 0 fully saturated rings. The van der Waals surface area contributed by atoms with Crippen LogP contribution in [0.3, 0.4) is 0 Å². The number of oxazole rings is 1. The topological polar surface area (TPSA) is 147 Å². The van der Waals surface area contributed by atoms with Crippen molar-refractivity contribution in [3.63, 3.8) is 0 Å². The molecule has 16 heteroatoms. The van der Waals surface area contributed by atoms with Gasteiger partial charge >= 0.3 is 18.4 Å². The molecule has 2 amide bonds. The molecule has 0 spiro atoms. The number of pyridine rings is 1. The summed E-state index contributed by atoms with van der Waals surface area (Å²) >= 11 is 0. The standard InChI is InChI=1S/C27H27F6N5O5/c1-4-25(35)12-16(20-17(6-7-19(36-20)41-3)38(25)24(40)42-5-2)23-37-21(22(34)39)18(43-23)10-13-8-14(26(28,29)30)11-15(9-13)27(31,32)33/h6-9,11,16H,4-5,10,12,35H2,1-3H3,(H2,34,39)/t16-,25+/m0/s1. The Hall–Kier alpha value is -4.34. The molecular weight excluding hydrogens is 588 g/mol. The number of methoxy groups -OCH3 is 1. The largest absolute Gasteiger partial charge is 0.481 e. The van der Waals surface area contributed by atoms with Crippen LogP contribution in [0.25, 0.3) is 0 Å². The van der Waals surface area contributed by atoms with Crippen LogP contribution in [-0.2, 0) is 23.5 Å². The molecule has 0 saturated carbocycles. The van der Waals surface area contributed by atoms with Gasteiger partial charge in [0.15, 0.2) is 5.69 Å². The Bertz CT molecular complexity index is 1510. The lowest BCUT2D eigenvalue weighted by molar-refractivity contribution is -0.143. The predicted octanol–water partition coefficient (Wildman–Crippen LogP) is 5.37. The maximum absolute atomic E-state index is 13.4. The molecule has 10 nitrogen and oxygen atoms in total. The van der Waals surface area contributed by atoms with Crippen LogP contribution in [0, 0.1) is 0 Å². The van der Waals surface area contributed by atoms with Gasteiger partial charge in [-0.2, -0.15) is 26.3 Å². The number of alkyl halides is 6. The van der Waals surface area contributed by atoms with E-state index in [2.05, 4.69) is 9.97 Å². The number of primary amides is 1. The van der Waals surface area contributed by atoms with E-state index >= 15 is 0 Å². The number of aromatic nitrogens is 2. The molecule has 4 N–H and O–H groups in total. The summed E-state index contributed by atoms with van der Waals surface area (Å²) in [7, 11) is 1.35. The fraction of sp³-hybridized carbons (Fsp3) is 0.407. The lowest BCUT2D eigenvalue weighted by atomic mass is 9.83. The number of hydrogen-bond acceptors (Lipinski definition) is 8. The van der Waals surface area contributed by atoms with Gasteiger partial charge in [-0.3, -0.25) is 9.69 Å². The molecule has 0 unspecified atom stereocenters. The van der Waals surface area contributed by atoms with Crippen LogP contribution in [0.5, 0.6) is 5.88 Å². The number of rotatable bonds is 7. The van der Waals surface area contributed by atoms with Crippen molar-refractivity contribution in [3.8, 4) is 5.88 Å². The van der Waals surface area contributed by atoms with Gasteiger partial charge in [-0.1, -0.05) is 6.92 Å². The summed E-state index contributed by atoms with van der Waals surface area (Å²) in [5, 5.41) is 0. The van der Waals surface area contributed by atoms with E-state index in [1.54, 1.807) is 13.8 Å². The van der Waals surface area contributed by atoms with Gasteiger partial charge in [-0.15, -0.1) is 0 Å².